The largest absolute Gasteiger partial charge is 0.493 e. The molecule has 0 spiro atoms. The Kier molecular flexibility index (Phi) is 8.99. The SMILES string of the molecule is COc1ccc(CN(C)Cc2cccc(Cl)c2)cc1OCC(O)CN1CCN(C)CC1. The van der Waals surface area contributed by atoms with E-state index in [0.717, 1.165) is 49.9 Å². The summed E-state index contributed by atoms with van der Waals surface area (Å²) in [4.78, 5) is 6.81. The van der Waals surface area contributed by atoms with Crippen LogP contribution in [-0.4, -0.2) is 86.4 Å². The molecule has 1 saturated heterocycles. The van der Waals surface area contributed by atoms with Gasteiger partial charge in [-0.25, -0.2) is 0 Å². The molecule has 7 heteroatoms. The monoisotopic (exact) mass is 447 g/mol. The minimum absolute atomic E-state index is 0.241. The fourth-order valence-corrected chi connectivity index (χ4v) is 4.03. The average molecular weight is 448 g/mol. The van der Waals surface area contributed by atoms with E-state index in [9.17, 15) is 5.11 Å². The van der Waals surface area contributed by atoms with Crippen LogP contribution in [-0.2, 0) is 13.1 Å². The first kappa shape index (κ1) is 23.8. The van der Waals surface area contributed by atoms with Crippen LogP contribution in [0.3, 0.4) is 0 Å². The highest BCUT2D eigenvalue weighted by Gasteiger charge is 2.18. The second-order valence-corrected chi connectivity index (χ2v) is 8.79. The van der Waals surface area contributed by atoms with Gasteiger partial charge in [0.05, 0.1) is 7.11 Å². The standard InChI is InChI=1S/C24H34ClN3O3/c1-26-9-11-28(12-10-26)17-22(29)18-31-24-14-20(7-8-23(24)30-3)16-27(2)15-19-5-4-6-21(25)13-19/h4-8,13-14,22,29H,9-12,15-18H2,1-3H3. The zero-order chi connectivity index (χ0) is 22.2. The number of likely N-dealkylation sites (N-methyl/N-ethyl adjacent to an activating group) is 1. The number of β-amino-alcohol motifs (C(OH)–C–C–N with tert-alkyl or cyclic N) is 1. The molecule has 2 aromatic rings. The van der Waals surface area contributed by atoms with Gasteiger partial charge >= 0.3 is 0 Å². The van der Waals surface area contributed by atoms with Crippen molar-refractivity contribution >= 4 is 11.6 Å². The molecule has 170 valence electrons. The lowest BCUT2D eigenvalue weighted by atomic mass is 10.1. The number of methoxy groups -OCH3 is 1. The summed E-state index contributed by atoms with van der Waals surface area (Å²) >= 11 is 6.10. The first-order valence-electron chi connectivity index (χ1n) is 10.7. The molecular formula is C24H34ClN3O3. The van der Waals surface area contributed by atoms with Crippen molar-refractivity contribution < 1.29 is 14.6 Å². The van der Waals surface area contributed by atoms with Crippen LogP contribution >= 0.6 is 11.6 Å². The molecule has 3 rings (SSSR count). The third kappa shape index (κ3) is 7.66. The Balaban J connectivity index is 1.54. The molecule has 0 radical (unpaired) electrons. The van der Waals surface area contributed by atoms with E-state index in [1.165, 1.54) is 5.56 Å². The van der Waals surface area contributed by atoms with Crippen LogP contribution in [0.15, 0.2) is 42.5 Å². The molecule has 1 aliphatic rings. The summed E-state index contributed by atoms with van der Waals surface area (Å²) in [6.07, 6.45) is -0.540. The number of halogens is 1. The first-order chi connectivity index (χ1) is 14.9. The zero-order valence-electron chi connectivity index (χ0n) is 18.8. The number of hydrogen-bond donors (Lipinski definition) is 1. The number of nitrogens with zero attached hydrogens (tertiary/aromatic N) is 3. The maximum Gasteiger partial charge on any atom is 0.161 e. The van der Waals surface area contributed by atoms with Gasteiger partial charge in [-0.15, -0.1) is 0 Å². The van der Waals surface area contributed by atoms with Crippen LogP contribution in [0.1, 0.15) is 11.1 Å². The molecule has 2 aromatic carbocycles. The Bertz CT molecular complexity index is 827. The number of benzene rings is 2. The molecule has 1 N–H and O–H groups in total. The summed E-state index contributed by atoms with van der Waals surface area (Å²) in [5, 5.41) is 11.2. The molecule has 0 saturated carbocycles. The maximum absolute atomic E-state index is 10.5. The smallest absolute Gasteiger partial charge is 0.161 e. The molecule has 31 heavy (non-hydrogen) atoms. The first-order valence-corrected chi connectivity index (χ1v) is 11.1. The van der Waals surface area contributed by atoms with Crippen LogP contribution < -0.4 is 9.47 Å². The van der Waals surface area contributed by atoms with Crippen molar-refractivity contribution in [1.82, 2.24) is 14.7 Å². The van der Waals surface area contributed by atoms with Crippen molar-refractivity contribution in [3.8, 4) is 11.5 Å². The molecule has 0 aliphatic carbocycles. The van der Waals surface area contributed by atoms with Gasteiger partial charge in [-0.3, -0.25) is 9.80 Å². The summed E-state index contributed by atoms with van der Waals surface area (Å²) in [7, 11) is 5.84. The lowest BCUT2D eigenvalue weighted by Gasteiger charge is -2.33. The fraction of sp³-hybridized carbons (Fsp3) is 0.500. The van der Waals surface area contributed by atoms with Crippen molar-refractivity contribution in [3.63, 3.8) is 0 Å². The topological polar surface area (TPSA) is 48.4 Å². The zero-order valence-corrected chi connectivity index (χ0v) is 19.5. The van der Waals surface area contributed by atoms with Crippen LogP contribution in [0.2, 0.25) is 5.02 Å². The van der Waals surface area contributed by atoms with Crippen LogP contribution in [0, 0.1) is 0 Å². The fourth-order valence-electron chi connectivity index (χ4n) is 3.81. The van der Waals surface area contributed by atoms with Gasteiger partial charge in [-0.1, -0.05) is 29.8 Å². The van der Waals surface area contributed by atoms with E-state index in [0.29, 0.717) is 18.0 Å². The third-order valence-electron chi connectivity index (χ3n) is 5.52. The van der Waals surface area contributed by atoms with Gasteiger partial charge in [0.1, 0.15) is 12.7 Å². The van der Waals surface area contributed by atoms with Crippen molar-refractivity contribution in [1.29, 1.82) is 0 Å². The van der Waals surface area contributed by atoms with Crippen molar-refractivity contribution in [3.05, 3.63) is 58.6 Å². The lowest BCUT2D eigenvalue weighted by Crippen LogP contribution is -2.47. The highest BCUT2D eigenvalue weighted by Crippen LogP contribution is 2.29. The second-order valence-electron chi connectivity index (χ2n) is 8.36. The van der Waals surface area contributed by atoms with Gasteiger partial charge in [0, 0.05) is 50.8 Å². The number of rotatable bonds is 10. The molecule has 1 unspecified atom stereocenters. The van der Waals surface area contributed by atoms with Gasteiger partial charge in [0.2, 0.25) is 0 Å². The maximum atomic E-state index is 10.5. The number of piperazine rings is 1. The molecule has 1 aliphatic heterocycles. The minimum Gasteiger partial charge on any atom is -0.493 e. The second kappa shape index (κ2) is 11.7. The molecule has 0 bridgehead atoms. The molecular weight excluding hydrogens is 414 g/mol. The summed E-state index contributed by atoms with van der Waals surface area (Å²) in [6, 6.07) is 13.9. The molecule has 1 heterocycles. The van der Waals surface area contributed by atoms with Gasteiger partial charge in [-0.2, -0.15) is 0 Å². The van der Waals surface area contributed by atoms with Gasteiger partial charge in [-0.05, 0) is 49.5 Å². The third-order valence-corrected chi connectivity index (χ3v) is 5.75. The van der Waals surface area contributed by atoms with Gasteiger partial charge in [0.15, 0.2) is 11.5 Å². The minimum atomic E-state index is -0.540. The number of aliphatic hydroxyl groups excluding tert-OH is 1. The van der Waals surface area contributed by atoms with Gasteiger partial charge in [0.25, 0.3) is 0 Å². The van der Waals surface area contributed by atoms with E-state index < -0.39 is 6.10 Å². The van der Waals surface area contributed by atoms with Crippen molar-refractivity contribution in [2.45, 2.75) is 19.2 Å². The molecule has 1 fully saturated rings. The van der Waals surface area contributed by atoms with Crippen LogP contribution in [0.4, 0.5) is 0 Å². The van der Waals surface area contributed by atoms with Crippen molar-refractivity contribution in [2.24, 2.45) is 0 Å². The predicted octanol–water partition coefficient (Wildman–Crippen LogP) is 2.97. The van der Waals surface area contributed by atoms with E-state index in [4.69, 9.17) is 21.1 Å². The normalized spacial score (nSPS) is 16.5. The highest BCUT2D eigenvalue weighted by molar-refractivity contribution is 6.30. The van der Waals surface area contributed by atoms with E-state index in [-0.39, 0.29) is 6.61 Å². The van der Waals surface area contributed by atoms with E-state index in [1.807, 2.05) is 36.4 Å². The Labute approximate surface area is 190 Å². The quantitative estimate of drug-likeness (QED) is 0.604. The van der Waals surface area contributed by atoms with Crippen molar-refractivity contribution in [2.75, 3.05) is 60.5 Å². The van der Waals surface area contributed by atoms with E-state index >= 15 is 0 Å². The average Bonchev–Trinajstić information content (AvgIpc) is 2.74. The summed E-state index contributed by atoms with van der Waals surface area (Å²) in [6.45, 7) is 6.45. The van der Waals surface area contributed by atoms with Gasteiger partial charge < -0.3 is 19.5 Å². The Morgan fingerprint density at radius 3 is 2.42 bits per heavy atom. The molecule has 1 atom stereocenters. The Morgan fingerprint density at radius 2 is 1.74 bits per heavy atom. The van der Waals surface area contributed by atoms with Crippen LogP contribution in [0.25, 0.3) is 0 Å². The number of ether oxygens (including phenoxy) is 2. The number of hydrogen-bond acceptors (Lipinski definition) is 6. The highest BCUT2D eigenvalue weighted by atomic mass is 35.5. The Hall–Kier alpha value is -1.83. The Morgan fingerprint density at radius 1 is 1.03 bits per heavy atom. The molecule has 0 aromatic heterocycles. The lowest BCUT2D eigenvalue weighted by molar-refractivity contribution is 0.0497. The summed E-state index contributed by atoms with van der Waals surface area (Å²) in [5.74, 6) is 1.33. The van der Waals surface area contributed by atoms with Crippen LogP contribution in [0.5, 0.6) is 11.5 Å². The summed E-state index contributed by atoms with van der Waals surface area (Å²) < 4.78 is 11.4. The molecule has 6 nitrogen and oxygen atoms in total. The van der Waals surface area contributed by atoms with E-state index in [2.05, 4.69) is 34.9 Å². The van der Waals surface area contributed by atoms with E-state index in [1.54, 1.807) is 7.11 Å². The molecule has 0 amide bonds. The summed E-state index contributed by atoms with van der Waals surface area (Å²) in [5.41, 5.74) is 2.29. The number of aliphatic hydroxyl groups is 1. The predicted molar refractivity (Wildman–Crippen MR) is 125 cm³/mol.